The van der Waals surface area contributed by atoms with E-state index in [1.54, 1.807) is 7.11 Å². The van der Waals surface area contributed by atoms with Crippen LogP contribution in [0.2, 0.25) is 0 Å². The van der Waals surface area contributed by atoms with E-state index in [-0.39, 0.29) is 0 Å². The molecule has 2 aromatic rings. The van der Waals surface area contributed by atoms with Crippen LogP contribution in [0.1, 0.15) is 5.56 Å². The van der Waals surface area contributed by atoms with E-state index in [1.807, 2.05) is 0 Å². The molecule has 0 bridgehead atoms. The number of fused-ring (bicyclic) bond motifs is 1. The number of ether oxygens (including phenoxy) is 1. The Bertz CT molecular complexity index is 417. The molecule has 0 aliphatic rings. The molecule has 13 heavy (non-hydrogen) atoms. The van der Waals surface area contributed by atoms with Gasteiger partial charge in [0, 0.05) is 25.9 Å². The molecule has 0 saturated carbocycles. The predicted molar refractivity (Wildman–Crippen MR) is 53.6 cm³/mol. The Balaban J connectivity index is 2.53. The van der Waals surface area contributed by atoms with Crippen LogP contribution in [-0.4, -0.2) is 11.7 Å². The van der Waals surface area contributed by atoms with Crippen LogP contribution >= 0.6 is 0 Å². The smallest absolute Gasteiger partial charge is 0.0713 e. The van der Waals surface area contributed by atoms with Gasteiger partial charge in [-0.2, -0.15) is 0 Å². The van der Waals surface area contributed by atoms with Crippen molar-refractivity contribution in [2.75, 3.05) is 7.11 Å². The molecule has 0 unspecified atom stereocenters. The molecular formula is C11H13NO. The lowest BCUT2D eigenvalue weighted by Gasteiger charge is -2.01. The lowest BCUT2D eigenvalue weighted by molar-refractivity contribution is 0.185. The maximum atomic E-state index is 5.08. The van der Waals surface area contributed by atoms with E-state index in [0.717, 1.165) is 0 Å². The van der Waals surface area contributed by atoms with E-state index < -0.39 is 0 Å². The van der Waals surface area contributed by atoms with Crippen LogP contribution in [0, 0.1) is 0 Å². The average Bonchev–Trinajstić information content (AvgIpc) is 2.49. The molecule has 1 aromatic heterocycles. The Hall–Kier alpha value is -1.28. The number of methoxy groups -OCH3 is 1. The highest BCUT2D eigenvalue weighted by Gasteiger charge is 1.98. The van der Waals surface area contributed by atoms with Crippen LogP contribution in [0.3, 0.4) is 0 Å². The molecule has 2 nitrogen and oxygen atoms in total. The van der Waals surface area contributed by atoms with Gasteiger partial charge >= 0.3 is 0 Å². The number of nitrogens with zero attached hydrogens (tertiary/aromatic N) is 1. The summed E-state index contributed by atoms with van der Waals surface area (Å²) < 4.78 is 7.20. The molecule has 68 valence electrons. The largest absolute Gasteiger partial charge is 0.380 e. The molecule has 0 saturated heterocycles. The van der Waals surface area contributed by atoms with E-state index in [1.165, 1.54) is 16.5 Å². The predicted octanol–water partition coefficient (Wildman–Crippen LogP) is 2.32. The summed E-state index contributed by atoms with van der Waals surface area (Å²) in [7, 11) is 3.77. The van der Waals surface area contributed by atoms with Crippen molar-refractivity contribution in [1.82, 2.24) is 4.57 Å². The zero-order valence-electron chi connectivity index (χ0n) is 7.95. The lowest BCUT2D eigenvalue weighted by Crippen LogP contribution is -1.89. The summed E-state index contributed by atoms with van der Waals surface area (Å²) in [5, 5.41) is 1.28. The highest BCUT2D eigenvalue weighted by Crippen LogP contribution is 2.16. The molecule has 1 aromatic carbocycles. The van der Waals surface area contributed by atoms with Crippen molar-refractivity contribution in [2.24, 2.45) is 7.05 Å². The Labute approximate surface area is 77.7 Å². The molecule has 0 aliphatic heterocycles. The van der Waals surface area contributed by atoms with Crippen molar-refractivity contribution in [1.29, 1.82) is 0 Å². The summed E-state index contributed by atoms with van der Waals surface area (Å²) in [6, 6.07) is 8.51. The summed E-state index contributed by atoms with van der Waals surface area (Å²) in [4.78, 5) is 0. The van der Waals surface area contributed by atoms with Gasteiger partial charge in [-0.25, -0.2) is 0 Å². The van der Waals surface area contributed by atoms with E-state index in [0.29, 0.717) is 6.61 Å². The number of aromatic nitrogens is 1. The van der Waals surface area contributed by atoms with Gasteiger partial charge in [-0.15, -0.1) is 0 Å². The molecule has 0 atom stereocenters. The van der Waals surface area contributed by atoms with Crippen LogP contribution in [0.5, 0.6) is 0 Å². The SMILES string of the molecule is COCc1ccc2ccn(C)c2c1. The van der Waals surface area contributed by atoms with E-state index in [2.05, 4.69) is 42.1 Å². The Morgan fingerprint density at radius 1 is 1.31 bits per heavy atom. The standard InChI is InChI=1S/C11H13NO/c1-12-6-5-10-4-3-9(8-13-2)7-11(10)12/h3-7H,8H2,1-2H3. The average molecular weight is 175 g/mol. The Morgan fingerprint density at radius 3 is 2.92 bits per heavy atom. The molecule has 0 radical (unpaired) electrons. The molecule has 0 fully saturated rings. The minimum absolute atomic E-state index is 0.682. The molecule has 1 heterocycles. The first-order valence-electron chi connectivity index (χ1n) is 4.34. The number of rotatable bonds is 2. The van der Waals surface area contributed by atoms with Gasteiger partial charge in [-0.3, -0.25) is 0 Å². The fourth-order valence-electron chi connectivity index (χ4n) is 1.56. The van der Waals surface area contributed by atoms with Gasteiger partial charge in [0.1, 0.15) is 0 Å². The van der Waals surface area contributed by atoms with Crippen LogP contribution in [-0.2, 0) is 18.4 Å². The van der Waals surface area contributed by atoms with Gasteiger partial charge < -0.3 is 9.30 Å². The minimum Gasteiger partial charge on any atom is -0.380 e. The summed E-state index contributed by atoms with van der Waals surface area (Å²) in [6.07, 6.45) is 2.07. The van der Waals surface area contributed by atoms with E-state index in [9.17, 15) is 0 Å². The van der Waals surface area contributed by atoms with Crippen LogP contribution < -0.4 is 0 Å². The Kier molecular flexibility index (Phi) is 2.07. The normalized spacial score (nSPS) is 10.9. The summed E-state index contributed by atoms with van der Waals surface area (Å²) >= 11 is 0. The molecule has 0 amide bonds. The molecule has 2 rings (SSSR count). The van der Waals surface area contributed by atoms with Crippen LogP contribution in [0.15, 0.2) is 30.5 Å². The fourth-order valence-corrected chi connectivity index (χ4v) is 1.56. The molecular weight excluding hydrogens is 162 g/mol. The lowest BCUT2D eigenvalue weighted by atomic mass is 10.2. The second kappa shape index (κ2) is 3.23. The molecule has 0 spiro atoms. The summed E-state index contributed by atoms with van der Waals surface area (Å²) in [6.45, 7) is 0.682. The second-order valence-corrected chi connectivity index (χ2v) is 3.25. The first-order valence-corrected chi connectivity index (χ1v) is 4.34. The third kappa shape index (κ3) is 1.45. The molecule has 2 heteroatoms. The number of aryl methyl sites for hydroxylation is 1. The maximum absolute atomic E-state index is 5.08. The van der Waals surface area contributed by atoms with Gasteiger partial charge in [0.15, 0.2) is 0 Å². The van der Waals surface area contributed by atoms with E-state index in [4.69, 9.17) is 4.74 Å². The van der Waals surface area contributed by atoms with Gasteiger partial charge in [0.2, 0.25) is 0 Å². The molecule has 0 aliphatic carbocycles. The monoisotopic (exact) mass is 175 g/mol. The topological polar surface area (TPSA) is 14.2 Å². The Morgan fingerprint density at radius 2 is 2.15 bits per heavy atom. The molecule has 0 N–H and O–H groups in total. The fraction of sp³-hybridized carbons (Fsp3) is 0.273. The third-order valence-corrected chi connectivity index (χ3v) is 2.26. The van der Waals surface area contributed by atoms with Crippen LogP contribution in [0.4, 0.5) is 0 Å². The number of benzene rings is 1. The highest BCUT2D eigenvalue weighted by molar-refractivity contribution is 5.80. The second-order valence-electron chi connectivity index (χ2n) is 3.25. The first kappa shape index (κ1) is 8.32. The zero-order valence-corrected chi connectivity index (χ0v) is 7.95. The minimum atomic E-state index is 0.682. The zero-order chi connectivity index (χ0) is 9.26. The third-order valence-electron chi connectivity index (χ3n) is 2.26. The van der Waals surface area contributed by atoms with Gasteiger partial charge in [0.05, 0.1) is 6.61 Å². The van der Waals surface area contributed by atoms with Gasteiger partial charge in [-0.05, 0) is 23.1 Å². The summed E-state index contributed by atoms with van der Waals surface area (Å²) in [5.74, 6) is 0. The quantitative estimate of drug-likeness (QED) is 0.683. The highest BCUT2D eigenvalue weighted by atomic mass is 16.5. The summed E-state index contributed by atoms with van der Waals surface area (Å²) in [5.41, 5.74) is 2.48. The van der Waals surface area contributed by atoms with Gasteiger partial charge in [-0.1, -0.05) is 12.1 Å². The van der Waals surface area contributed by atoms with Gasteiger partial charge in [0.25, 0.3) is 0 Å². The van der Waals surface area contributed by atoms with Crippen molar-refractivity contribution in [2.45, 2.75) is 6.61 Å². The first-order chi connectivity index (χ1) is 6.31. The van der Waals surface area contributed by atoms with Crippen molar-refractivity contribution in [3.63, 3.8) is 0 Å². The van der Waals surface area contributed by atoms with Crippen LogP contribution in [0.25, 0.3) is 10.9 Å². The van der Waals surface area contributed by atoms with Crippen molar-refractivity contribution >= 4 is 10.9 Å². The van der Waals surface area contributed by atoms with Crippen molar-refractivity contribution in [3.8, 4) is 0 Å². The number of hydrogen-bond acceptors (Lipinski definition) is 1. The maximum Gasteiger partial charge on any atom is 0.0713 e. The number of hydrogen-bond donors (Lipinski definition) is 0. The van der Waals surface area contributed by atoms with E-state index >= 15 is 0 Å². The van der Waals surface area contributed by atoms with Crippen molar-refractivity contribution in [3.05, 3.63) is 36.0 Å². The van der Waals surface area contributed by atoms with Crippen molar-refractivity contribution < 1.29 is 4.74 Å².